The smallest absolute Gasteiger partial charge is 0.0873 e. The monoisotopic (exact) mass is 213 g/mol. The van der Waals surface area contributed by atoms with Gasteiger partial charge in [0.2, 0.25) is 0 Å². The van der Waals surface area contributed by atoms with Crippen molar-refractivity contribution in [3.63, 3.8) is 0 Å². The summed E-state index contributed by atoms with van der Waals surface area (Å²) in [7, 11) is 0. The van der Waals surface area contributed by atoms with Gasteiger partial charge in [-0.15, -0.1) is 0 Å². The standard InChI is InChI=1S/C12H23NO2/c1-2-3-4-9-14-10-5-6-13-7-11-15-12-8-13/h5,10H,2-4,6-9,11-12H2,1H3/b10-5-. The van der Waals surface area contributed by atoms with E-state index in [4.69, 9.17) is 9.47 Å². The third kappa shape index (κ3) is 6.52. The average Bonchev–Trinajstić information content (AvgIpc) is 2.29. The summed E-state index contributed by atoms with van der Waals surface area (Å²) in [4.78, 5) is 2.37. The zero-order valence-corrected chi connectivity index (χ0v) is 9.78. The lowest BCUT2D eigenvalue weighted by Crippen LogP contribution is -2.36. The van der Waals surface area contributed by atoms with Crippen molar-refractivity contribution in [3.8, 4) is 0 Å². The van der Waals surface area contributed by atoms with Gasteiger partial charge in [0.05, 0.1) is 26.1 Å². The van der Waals surface area contributed by atoms with Gasteiger partial charge in [-0.25, -0.2) is 0 Å². The van der Waals surface area contributed by atoms with Crippen LogP contribution < -0.4 is 0 Å². The molecular weight excluding hydrogens is 190 g/mol. The molecular formula is C12H23NO2. The normalized spacial score (nSPS) is 18.5. The second-order valence-electron chi connectivity index (χ2n) is 3.86. The molecule has 0 saturated carbocycles. The molecule has 0 aromatic carbocycles. The minimum absolute atomic E-state index is 0.855. The topological polar surface area (TPSA) is 21.7 Å². The van der Waals surface area contributed by atoms with Gasteiger partial charge in [0.1, 0.15) is 0 Å². The van der Waals surface area contributed by atoms with Crippen LogP contribution in [0.1, 0.15) is 26.2 Å². The highest BCUT2D eigenvalue weighted by molar-refractivity contribution is 4.79. The zero-order chi connectivity index (χ0) is 10.8. The molecule has 0 bridgehead atoms. The molecule has 0 aliphatic carbocycles. The van der Waals surface area contributed by atoms with Gasteiger partial charge in [-0.3, -0.25) is 4.90 Å². The summed E-state index contributed by atoms with van der Waals surface area (Å²) < 4.78 is 10.7. The molecule has 3 nitrogen and oxygen atoms in total. The molecule has 0 aromatic rings. The van der Waals surface area contributed by atoms with Crippen LogP contribution in [0.3, 0.4) is 0 Å². The van der Waals surface area contributed by atoms with E-state index in [-0.39, 0.29) is 0 Å². The molecule has 1 fully saturated rings. The number of morpholine rings is 1. The first kappa shape index (κ1) is 12.5. The Balaban J connectivity index is 1.91. The van der Waals surface area contributed by atoms with Crippen LogP contribution in [0.4, 0.5) is 0 Å². The molecule has 0 spiro atoms. The number of nitrogens with zero attached hydrogens (tertiary/aromatic N) is 1. The van der Waals surface area contributed by atoms with Crippen molar-refractivity contribution in [1.82, 2.24) is 4.90 Å². The van der Waals surface area contributed by atoms with E-state index in [2.05, 4.69) is 17.9 Å². The molecule has 0 amide bonds. The molecule has 15 heavy (non-hydrogen) atoms. The molecule has 1 heterocycles. The van der Waals surface area contributed by atoms with Crippen molar-refractivity contribution < 1.29 is 9.47 Å². The van der Waals surface area contributed by atoms with Crippen molar-refractivity contribution in [2.75, 3.05) is 39.5 Å². The molecule has 0 radical (unpaired) electrons. The molecule has 1 rings (SSSR count). The fourth-order valence-corrected chi connectivity index (χ4v) is 1.55. The summed E-state index contributed by atoms with van der Waals surface area (Å²) >= 11 is 0. The van der Waals surface area contributed by atoms with E-state index in [0.29, 0.717) is 0 Å². The lowest BCUT2D eigenvalue weighted by molar-refractivity contribution is 0.0431. The van der Waals surface area contributed by atoms with Gasteiger partial charge >= 0.3 is 0 Å². The molecule has 1 aliphatic rings. The van der Waals surface area contributed by atoms with Crippen LogP contribution in [0, 0.1) is 0 Å². The van der Waals surface area contributed by atoms with Crippen LogP contribution in [-0.4, -0.2) is 44.4 Å². The Morgan fingerprint density at radius 1 is 1.27 bits per heavy atom. The Morgan fingerprint density at radius 2 is 2.07 bits per heavy atom. The Hall–Kier alpha value is -0.540. The zero-order valence-electron chi connectivity index (χ0n) is 9.78. The fourth-order valence-electron chi connectivity index (χ4n) is 1.55. The predicted octanol–water partition coefficient (Wildman–Crippen LogP) is 2.04. The third-order valence-electron chi connectivity index (χ3n) is 2.53. The van der Waals surface area contributed by atoms with Crippen LogP contribution in [0.5, 0.6) is 0 Å². The summed E-state index contributed by atoms with van der Waals surface area (Å²) in [5.41, 5.74) is 0. The Bertz CT molecular complexity index is 165. The van der Waals surface area contributed by atoms with E-state index in [1.807, 2.05) is 6.26 Å². The van der Waals surface area contributed by atoms with E-state index in [1.54, 1.807) is 0 Å². The molecule has 0 unspecified atom stereocenters. The van der Waals surface area contributed by atoms with E-state index < -0.39 is 0 Å². The van der Waals surface area contributed by atoms with Crippen molar-refractivity contribution in [1.29, 1.82) is 0 Å². The second kappa shape index (κ2) is 8.74. The predicted molar refractivity (Wildman–Crippen MR) is 61.9 cm³/mol. The molecule has 1 saturated heterocycles. The maximum atomic E-state index is 5.39. The van der Waals surface area contributed by atoms with Gasteiger partial charge in [0, 0.05) is 19.6 Å². The molecule has 88 valence electrons. The largest absolute Gasteiger partial charge is 0.501 e. The summed E-state index contributed by atoms with van der Waals surface area (Å²) in [5.74, 6) is 0. The highest BCUT2D eigenvalue weighted by Crippen LogP contribution is 1.97. The highest BCUT2D eigenvalue weighted by atomic mass is 16.5. The highest BCUT2D eigenvalue weighted by Gasteiger charge is 2.07. The number of unbranched alkanes of at least 4 members (excludes halogenated alkanes) is 2. The van der Waals surface area contributed by atoms with E-state index >= 15 is 0 Å². The summed E-state index contributed by atoms with van der Waals surface area (Å²) in [5, 5.41) is 0. The van der Waals surface area contributed by atoms with Gasteiger partial charge in [-0.1, -0.05) is 19.8 Å². The van der Waals surface area contributed by atoms with E-state index in [1.165, 1.54) is 19.3 Å². The minimum Gasteiger partial charge on any atom is -0.501 e. The molecule has 0 N–H and O–H groups in total. The first-order chi connectivity index (χ1) is 7.43. The van der Waals surface area contributed by atoms with Gasteiger partial charge in [-0.05, 0) is 12.5 Å². The van der Waals surface area contributed by atoms with Crippen molar-refractivity contribution in [2.24, 2.45) is 0 Å². The lowest BCUT2D eigenvalue weighted by atomic mass is 10.3. The summed E-state index contributed by atoms with van der Waals surface area (Å²) in [6, 6.07) is 0. The van der Waals surface area contributed by atoms with Gasteiger partial charge in [-0.2, -0.15) is 0 Å². The van der Waals surface area contributed by atoms with Crippen molar-refractivity contribution in [2.45, 2.75) is 26.2 Å². The molecule has 3 heteroatoms. The van der Waals surface area contributed by atoms with Gasteiger partial charge in [0.25, 0.3) is 0 Å². The molecule has 0 atom stereocenters. The first-order valence-corrected chi connectivity index (χ1v) is 6.00. The van der Waals surface area contributed by atoms with Crippen LogP contribution in [0.25, 0.3) is 0 Å². The SMILES string of the molecule is CCCCCO/C=C\CN1CCOCC1. The first-order valence-electron chi connectivity index (χ1n) is 6.00. The maximum absolute atomic E-state index is 5.39. The van der Waals surface area contributed by atoms with Crippen LogP contribution in [0.15, 0.2) is 12.3 Å². The van der Waals surface area contributed by atoms with Crippen molar-refractivity contribution in [3.05, 3.63) is 12.3 Å². The number of hydrogen-bond acceptors (Lipinski definition) is 3. The molecule has 0 aromatic heterocycles. The Morgan fingerprint density at radius 3 is 2.80 bits per heavy atom. The Labute approximate surface area is 93.0 Å². The number of ether oxygens (including phenoxy) is 2. The minimum atomic E-state index is 0.855. The number of rotatable bonds is 7. The van der Waals surface area contributed by atoms with Gasteiger partial charge < -0.3 is 9.47 Å². The number of hydrogen-bond donors (Lipinski definition) is 0. The van der Waals surface area contributed by atoms with Crippen molar-refractivity contribution >= 4 is 0 Å². The third-order valence-corrected chi connectivity index (χ3v) is 2.53. The quantitative estimate of drug-likeness (QED) is 0.477. The average molecular weight is 213 g/mol. The maximum Gasteiger partial charge on any atom is 0.0873 e. The summed E-state index contributed by atoms with van der Waals surface area (Å²) in [6.07, 6.45) is 7.61. The second-order valence-corrected chi connectivity index (χ2v) is 3.86. The Kier molecular flexibility index (Phi) is 7.30. The van der Waals surface area contributed by atoms with Crippen LogP contribution >= 0.6 is 0 Å². The lowest BCUT2D eigenvalue weighted by Gasteiger charge is -2.24. The van der Waals surface area contributed by atoms with E-state index in [9.17, 15) is 0 Å². The van der Waals surface area contributed by atoms with Crippen LogP contribution in [0.2, 0.25) is 0 Å². The van der Waals surface area contributed by atoms with Gasteiger partial charge in [0.15, 0.2) is 0 Å². The fraction of sp³-hybridized carbons (Fsp3) is 0.833. The van der Waals surface area contributed by atoms with E-state index in [0.717, 1.165) is 39.5 Å². The van der Waals surface area contributed by atoms with Crippen LogP contribution in [-0.2, 0) is 9.47 Å². The molecule has 1 aliphatic heterocycles. The summed E-state index contributed by atoms with van der Waals surface area (Å²) in [6.45, 7) is 7.86.